The number of ether oxygens (including phenoxy) is 4. The molecular weight excluding hydrogens is 641 g/mol. The van der Waals surface area contributed by atoms with Crippen LogP contribution in [0.5, 0.6) is 34.5 Å². The minimum atomic E-state index is 0.816. The Morgan fingerprint density at radius 1 is 0.327 bits per heavy atom. The largest absolute Gasteiger partial charge is 0.497 e. The van der Waals surface area contributed by atoms with Gasteiger partial charge in [0, 0.05) is 10.8 Å². The van der Waals surface area contributed by atoms with Crippen LogP contribution < -0.4 is 18.9 Å². The molecule has 256 valence electrons. The normalized spacial score (nSPS) is 10.7. The standard InChI is InChI=1S/2C24H20O2/c1-17-3-5-18(6-4-17)19-7-11-22(12-8-19)26-24-14-10-20-15-23(25-2)13-9-21(20)16-24;1-17-7-9-18(10-8-17)19-11-13-20(14-12-19)26-24-16-15-23(25-2)21-5-3-4-6-22(21)24/h2*3-16H,1-2H3. The summed E-state index contributed by atoms with van der Waals surface area (Å²) in [6.07, 6.45) is 0. The predicted octanol–water partition coefficient (Wildman–Crippen LogP) is 13.2. The van der Waals surface area contributed by atoms with E-state index in [0.29, 0.717) is 0 Å². The predicted molar refractivity (Wildman–Crippen MR) is 214 cm³/mol. The topological polar surface area (TPSA) is 36.9 Å². The summed E-state index contributed by atoms with van der Waals surface area (Å²) in [5, 5.41) is 4.34. The third-order valence-electron chi connectivity index (χ3n) is 9.02. The maximum atomic E-state index is 6.15. The maximum absolute atomic E-state index is 6.15. The van der Waals surface area contributed by atoms with Gasteiger partial charge in [0.15, 0.2) is 0 Å². The van der Waals surface area contributed by atoms with Crippen LogP contribution >= 0.6 is 0 Å². The summed E-state index contributed by atoms with van der Waals surface area (Å²) in [7, 11) is 3.37. The van der Waals surface area contributed by atoms with Crippen molar-refractivity contribution >= 4 is 21.5 Å². The van der Waals surface area contributed by atoms with Crippen molar-refractivity contribution in [2.45, 2.75) is 13.8 Å². The second kappa shape index (κ2) is 15.6. The third-order valence-corrected chi connectivity index (χ3v) is 9.02. The molecule has 0 saturated carbocycles. The average molecular weight is 681 g/mol. The Balaban J connectivity index is 0.000000162. The highest BCUT2D eigenvalue weighted by Gasteiger charge is 2.09. The third kappa shape index (κ3) is 7.93. The van der Waals surface area contributed by atoms with E-state index in [1.54, 1.807) is 14.2 Å². The highest BCUT2D eigenvalue weighted by atomic mass is 16.5. The van der Waals surface area contributed by atoms with Crippen molar-refractivity contribution in [2.75, 3.05) is 14.2 Å². The first-order valence-electron chi connectivity index (χ1n) is 17.3. The summed E-state index contributed by atoms with van der Waals surface area (Å²) in [5.41, 5.74) is 7.31. The first kappa shape index (κ1) is 34.0. The summed E-state index contributed by atoms with van der Waals surface area (Å²) in [5.74, 6) is 5.00. The van der Waals surface area contributed by atoms with Crippen molar-refractivity contribution in [1.82, 2.24) is 0 Å². The van der Waals surface area contributed by atoms with Gasteiger partial charge in [0.25, 0.3) is 0 Å². The second-order valence-electron chi connectivity index (χ2n) is 12.7. The van der Waals surface area contributed by atoms with Crippen LogP contribution in [0.25, 0.3) is 43.8 Å². The Kier molecular flexibility index (Phi) is 10.2. The van der Waals surface area contributed by atoms with E-state index in [4.69, 9.17) is 18.9 Å². The zero-order valence-corrected chi connectivity index (χ0v) is 29.8. The van der Waals surface area contributed by atoms with E-state index in [9.17, 15) is 0 Å². The van der Waals surface area contributed by atoms with Gasteiger partial charge in [-0.3, -0.25) is 0 Å². The van der Waals surface area contributed by atoms with Crippen LogP contribution in [0.1, 0.15) is 11.1 Å². The summed E-state index contributed by atoms with van der Waals surface area (Å²) in [4.78, 5) is 0. The lowest BCUT2D eigenvalue weighted by Gasteiger charge is -2.12. The van der Waals surface area contributed by atoms with Gasteiger partial charge in [0.05, 0.1) is 14.2 Å². The SMILES string of the molecule is COc1ccc(Oc2ccc(-c3ccc(C)cc3)cc2)c2ccccc12.COc1ccc2cc(Oc3ccc(-c4ccc(C)cc4)cc3)ccc2c1. The van der Waals surface area contributed by atoms with Crippen molar-refractivity contribution in [3.63, 3.8) is 0 Å². The van der Waals surface area contributed by atoms with Gasteiger partial charge in [-0.2, -0.15) is 0 Å². The van der Waals surface area contributed by atoms with Crippen molar-refractivity contribution in [3.8, 4) is 56.8 Å². The van der Waals surface area contributed by atoms with Gasteiger partial charge in [-0.05, 0) is 108 Å². The van der Waals surface area contributed by atoms with Crippen LogP contribution in [0.3, 0.4) is 0 Å². The molecule has 0 saturated heterocycles. The Morgan fingerprint density at radius 2 is 0.731 bits per heavy atom. The van der Waals surface area contributed by atoms with Crippen molar-refractivity contribution in [3.05, 3.63) is 181 Å². The molecule has 4 heteroatoms. The second-order valence-corrected chi connectivity index (χ2v) is 12.7. The Bertz CT molecular complexity index is 2410. The smallest absolute Gasteiger partial charge is 0.135 e. The van der Waals surface area contributed by atoms with Crippen LogP contribution in [-0.2, 0) is 0 Å². The van der Waals surface area contributed by atoms with Crippen LogP contribution in [0, 0.1) is 13.8 Å². The fourth-order valence-electron chi connectivity index (χ4n) is 6.09. The van der Waals surface area contributed by atoms with Crippen LogP contribution in [0.4, 0.5) is 0 Å². The Morgan fingerprint density at radius 3 is 1.23 bits per heavy atom. The zero-order valence-electron chi connectivity index (χ0n) is 29.8. The number of hydrogen-bond donors (Lipinski definition) is 0. The number of fused-ring (bicyclic) bond motifs is 2. The summed E-state index contributed by atoms with van der Waals surface area (Å²) in [6, 6.07) is 57.6. The minimum Gasteiger partial charge on any atom is -0.497 e. The van der Waals surface area contributed by atoms with Crippen LogP contribution in [-0.4, -0.2) is 14.2 Å². The molecule has 0 aromatic heterocycles. The van der Waals surface area contributed by atoms with E-state index in [2.05, 4.69) is 86.6 Å². The molecule has 0 bridgehead atoms. The van der Waals surface area contributed by atoms with Gasteiger partial charge in [-0.1, -0.05) is 120 Å². The monoisotopic (exact) mass is 680 g/mol. The molecule has 0 aliphatic carbocycles. The van der Waals surface area contributed by atoms with E-state index in [0.717, 1.165) is 56.0 Å². The minimum absolute atomic E-state index is 0.816. The molecule has 0 aliphatic rings. The zero-order chi connectivity index (χ0) is 35.9. The van der Waals surface area contributed by atoms with Gasteiger partial charge < -0.3 is 18.9 Å². The van der Waals surface area contributed by atoms with E-state index in [1.807, 2.05) is 97.1 Å². The first-order valence-corrected chi connectivity index (χ1v) is 17.3. The fraction of sp³-hybridized carbons (Fsp3) is 0.0833. The molecule has 0 aliphatic heterocycles. The highest BCUT2D eigenvalue weighted by molar-refractivity contribution is 5.93. The van der Waals surface area contributed by atoms with Crippen LogP contribution in [0.2, 0.25) is 0 Å². The number of methoxy groups -OCH3 is 2. The summed E-state index contributed by atoms with van der Waals surface area (Å²) >= 11 is 0. The molecule has 0 atom stereocenters. The molecule has 8 aromatic carbocycles. The van der Waals surface area contributed by atoms with Gasteiger partial charge in [0.2, 0.25) is 0 Å². The summed E-state index contributed by atoms with van der Waals surface area (Å²) in [6.45, 7) is 4.19. The van der Waals surface area contributed by atoms with Crippen molar-refractivity contribution in [1.29, 1.82) is 0 Å². The average Bonchev–Trinajstić information content (AvgIpc) is 3.19. The van der Waals surface area contributed by atoms with Gasteiger partial charge in [0.1, 0.15) is 34.5 Å². The molecule has 0 amide bonds. The molecular formula is C48H40O4. The molecule has 0 unspecified atom stereocenters. The molecule has 0 spiro atoms. The number of rotatable bonds is 8. The van der Waals surface area contributed by atoms with Crippen molar-refractivity contribution in [2.24, 2.45) is 0 Å². The molecule has 0 fully saturated rings. The van der Waals surface area contributed by atoms with E-state index < -0.39 is 0 Å². The van der Waals surface area contributed by atoms with Crippen molar-refractivity contribution < 1.29 is 18.9 Å². The molecule has 4 nitrogen and oxygen atoms in total. The molecule has 0 heterocycles. The van der Waals surface area contributed by atoms with E-state index in [1.165, 1.54) is 33.4 Å². The molecule has 52 heavy (non-hydrogen) atoms. The maximum Gasteiger partial charge on any atom is 0.135 e. The van der Waals surface area contributed by atoms with E-state index in [-0.39, 0.29) is 0 Å². The quantitative estimate of drug-likeness (QED) is 0.160. The fourth-order valence-corrected chi connectivity index (χ4v) is 6.09. The lowest BCUT2D eigenvalue weighted by molar-refractivity contribution is 0.415. The summed E-state index contributed by atoms with van der Waals surface area (Å²) < 4.78 is 22.9. The van der Waals surface area contributed by atoms with Gasteiger partial charge in [-0.25, -0.2) is 0 Å². The van der Waals surface area contributed by atoms with Gasteiger partial charge >= 0.3 is 0 Å². The first-order chi connectivity index (χ1) is 25.4. The number of hydrogen-bond acceptors (Lipinski definition) is 4. The lowest BCUT2D eigenvalue weighted by atomic mass is 10.0. The molecule has 0 radical (unpaired) electrons. The molecule has 8 aromatic rings. The highest BCUT2D eigenvalue weighted by Crippen LogP contribution is 2.36. The number of benzene rings is 8. The number of aryl methyl sites for hydroxylation is 2. The van der Waals surface area contributed by atoms with E-state index >= 15 is 0 Å². The Labute approximate surface area is 305 Å². The molecule has 8 rings (SSSR count). The lowest BCUT2D eigenvalue weighted by Crippen LogP contribution is -1.89. The molecule has 0 N–H and O–H groups in total. The van der Waals surface area contributed by atoms with Gasteiger partial charge in [-0.15, -0.1) is 0 Å². The Hall–Kier alpha value is -6.52. The van der Waals surface area contributed by atoms with Crippen LogP contribution in [0.15, 0.2) is 170 Å².